The van der Waals surface area contributed by atoms with Crippen LogP contribution in [0.4, 0.5) is 13.2 Å². The maximum absolute atomic E-state index is 12.3. The molecule has 0 spiro atoms. The van der Waals surface area contributed by atoms with Crippen molar-refractivity contribution in [3.05, 3.63) is 17.9 Å². The Morgan fingerprint density at radius 1 is 1.26 bits per heavy atom. The van der Waals surface area contributed by atoms with E-state index in [2.05, 4.69) is 0 Å². The first-order valence-electron chi connectivity index (χ1n) is 6.73. The van der Waals surface area contributed by atoms with E-state index in [0.717, 1.165) is 16.4 Å². The Hall–Kier alpha value is -1.59. The Labute approximate surface area is 130 Å². The SMILES string of the molecule is O=C(NCCC(F)(F)F)c1ccc(S(=O)(=O)N2CCOCC2)o1. The lowest BCUT2D eigenvalue weighted by Gasteiger charge is -2.24. The van der Waals surface area contributed by atoms with Crippen molar-refractivity contribution >= 4 is 15.9 Å². The van der Waals surface area contributed by atoms with Crippen LogP contribution in [0.15, 0.2) is 21.6 Å². The van der Waals surface area contributed by atoms with E-state index in [1.54, 1.807) is 0 Å². The highest BCUT2D eigenvalue weighted by molar-refractivity contribution is 7.89. The quantitative estimate of drug-likeness (QED) is 0.850. The van der Waals surface area contributed by atoms with Gasteiger partial charge < -0.3 is 14.5 Å². The number of morpholine rings is 1. The number of carbonyl (C=O) groups excluding carboxylic acids is 1. The topological polar surface area (TPSA) is 88.9 Å². The summed E-state index contributed by atoms with van der Waals surface area (Å²) in [5.74, 6) is -1.27. The van der Waals surface area contributed by atoms with E-state index >= 15 is 0 Å². The summed E-state index contributed by atoms with van der Waals surface area (Å²) in [4.78, 5) is 11.6. The summed E-state index contributed by atoms with van der Waals surface area (Å²) in [6.45, 7) is 0.219. The third-order valence-corrected chi connectivity index (χ3v) is 4.84. The molecule has 2 rings (SSSR count). The minimum Gasteiger partial charge on any atom is -0.438 e. The van der Waals surface area contributed by atoms with E-state index in [4.69, 9.17) is 9.15 Å². The van der Waals surface area contributed by atoms with Crippen molar-refractivity contribution in [2.45, 2.75) is 17.7 Å². The summed E-state index contributed by atoms with van der Waals surface area (Å²) in [5.41, 5.74) is 0. The smallest absolute Gasteiger partial charge is 0.390 e. The highest BCUT2D eigenvalue weighted by atomic mass is 32.2. The molecule has 0 aromatic carbocycles. The number of ether oxygens (including phenoxy) is 1. The third kappa shape index (κ3) is 4.69. The lowest BCUT2D eigenvalue weighted by Crippen LogP contribution is -2.40. The Balaban J connectivity index is 2.00. The molecule has 1 saturated heterocycles. The van der Waals surface area contributed by atoms with Gasteiger partial charge in [-0.1, -0.05) is 0 Å². The molecular formula is C12H15F3N2O5S. The average molecular weight is 356 g/mol. The molecule has 23 heavy (non-hydrogen) atoms. The number of amides is 1. The van der Waals surface area contributed by atoms with Crippen LogP contribution in [0.5, 0.6) is 0 Å². The van der Waals surface area contributed by atoms with E-state index in [0.29, 0.717) is 0 Å². The van der Waals surface area contributed by atoms with Crippen molar-refractivity contribution in [1.29, 1.82) is 0 Å². The molecule has 1 aliphatic heterocycles. The van der Waals surface area contributed by atoms with Crippen LogP contribution in [0.2, 0.25) is 0 Å². The molecular weight excluding hydrogens is 341 g/mol. The number of rotatable bonds is 5. The van der Waals surface area contributed by atoms with Crippen LogP contribution in [0.25, 0.3) is 0 Å². The van der Waals surface area contributed by atoms with Gasteiger partial charge in [0.1, 0.15) is 0 Å². The molecule has 7 nitrogen and oxygen atoms in total. The van der Waals surface area contributed by atoms with Gasteiger partial charge in [0.05, 0.1) is 19.6 Å². The number of furan rings is 1. The molecule has 0 radical (unpaired) electrons. The Kier molecular flexibility index (Phi) is 5.32. The second-order valence-corrected chi connectivity index (χ2v) is 6.63. The maximum atomic E-state index is 12.3. The summed E-state index contributed by atoms with van der Waals surface area (Å²) in [6, 6.07) is 2.21. The van der Waals surface area contributed by atoms with Gasteiger partial charge in [-0.05, 0) is 12.1 Å². The molecule has 11 heteroatoms. The molecule has 0 atom stereocenters. The van der Waals surface area contributed by atoms with E-state index in [9.17, 15) is 26.4 Å². The normalized spacial score (nSPS) is 17.2. The Bertz CT molecular complexity index is 650. The van der Waals surface area contributed by atoms with Gasteiger partial charge in [-0.3, -0.25) is 4.79 Å². The zero-order valence-corrected chi connectivity index (χ0v) is 12.7. The van der Waals surface area contributed by atoms with Crippen LogP contribution < -0.4 is 5.32 Å². The zero-order valence-electron chi connectivity index (χ0n) is 11.9. The highest BCUT2D eigenvalue weighted by Gasteiger charge is 2.30. The van der Waals surface area contributed by atoms with Crippen molar-refractivity contribution in [3.63, 3.8) is 0 Å². The van der Waals surface area contributed by atoms with Crippen LogP contribution in [-0.2, 0) is 14.8 Å². The van der Waals surface area contributed by atoms with Crippen LogP contribution >= 0.6 is 0 Å². The minimum atomic E-state index is -4.39. The van der Waals surface area contributed by atoms with E-state index in [-0.39, 0.29) is 32.1 Å². The van der Waals surface area contributed by atoms with Crippen LogP contribution in [0.3, 0.4) is 0 Å². The molecule has 1 fully saturated rings. The van der Waals surface area contributed by atoms with Gasteiger partial charge >= 0.3 is 6.18 Å². The molecule has 130 valence electrons. The van der Waals surface area contributed by atoms with Crippen molar-refractivity contribution < 1.29 is 35.5 Å². The van der Waals surface area contributed by atoms with Crippen molar-refractivity contribution in [2.75, 3.05) is 32.8 Å². The fourth-order valence-corrected chi connectivity index (χ4v) is 3.22. The lowest BCUT2D eigenvalue weighted by molar-refractivity contribution is -0.133. The van der Waals surface area contributed by atoms with Crippen LogP contribution in [0, 0.1) is 0 Å². The number of alkyl halides is 3. The largest absolute Gasteiger partial charge is 0.438 e. The van der Waals surface area contributed by atoms with Gasteiger partial charge in [-0.25, -0.2) is 8.42 Å². The first-order valence-corrected chi connectivity index (χ1v) is 8.17. The molecule has 1 amide bonds. The van der Waals surface area contributed by atoms with Gasteiger partial charge in [-0.15, -0.1) is 0 Å². The predicted molar refractivity (Wildman–Crippen MR) is 71.3 cm³/mol. The number of nitrogens with one attached hydrogen (secondary N) is 1. The predicted octanol–water partition coefficient (Wildman–Crippen LogP) is 0.983. The van der Waals surface area contributed by atoms with Gasteiger partial charge in [0.2, 0.25) is 5.09 Å². The minimum absolute atomic E-state index is 0.163. The van der Waals surface area contributed by atoms with Gasteiger partial charge in [0, 0.05) is 19.6 Å². The van der Waals surface area contributed by atoms with E-state index in [1.807, 2.05) is 5.32 Å². The third-order valence-electron chi connectivity index (χ3n) is 3.06. The number of halogens is 3. The number of sulfonamides is 1. The summed E-state index contributed by atoms with van der Waals surface area (Å²) in [5, 5.41) is 1.59. The number of hydrogen-bond donors (Lipinski definition) is 1. The summed E-state index contributed by atoms with van der Waals surface area (Å²) < 4.78 is 71.7. The molecule has 0 saturated carbocycles. The Morgan fingerprint density at radius 2 is 1.91 bits per heavy atom. The van der Waals surface area contributed by atoms with Gasteiger partial charge in [-0.2, -0.15) is 17.5 Å². The molecule has 1 aromatic rings. The monoisotopic (exact) mass is 356 g/mol. The molecule has 1 aliphatic rings. The zero-order chi connectivity index (χ0) is 17.1. The second kappa shape index (κ2) is 6.89. The first-order chi connectivity index (χ1) is 10.7. The molecule has 2 heterocycles. The molecule has 0 aliphatic carbocycles. The number of nitrogens with zero attached hydrogens (tertiary/aromatic N) is 1. The Morgan fingerprint density at radius 3 is 2.52 bits per heavy atom. The standard InChI is InChI=1S/C12H15F3N2O5S/c13-12(14,15)3-4-16-11(18)9-1-2-10(22-9)23(19,20)17-5-7-21-8-6-17/h1-2H,3-8H2,(H,16,18). The molecule has 0 unspecified atom stereocenters. The van der Waals surface area contributed by atoms with E-state index in [1.165, 1.54) is 0 Å². The van der Waals surface area contributed by atoms with Crippen LogP contribution in [0.1, 0.15) is 17.0 Å². The van der Waals surface area contributed by atoms with Crippen LogP contribution in [-0.4, -0.2) is 57.7 Å². The number of carbonyl (C=O) groups is 1. The number of hydrogen-bond acceptors (Lipinski definition) is 5. The summed E-state index contributed by atoms with van der Waals surface area (Å²) >= 11 is 0. The highest BCUT2D eigenvalue weighted by Crippen LogP contribution is 2.20. The maximum Gasteiger partial charge on any atom is 0.390 e. The summed E-state index contributed by atoms with van der Waals surface area (Å²) in [6.07, 6.45) is -5.57. The summed E-state index contributed by atoms with van der Waals surface area (Å²) in [7, 11) is -3.89. The molecule has 0 bridgehead atoms. The van der Waals surface area contributed by atoms with E-state index < -0.39 is 40.2 Å². The van der Waals surface area contributed by atoms with Gasteiger partial charge in [0.15, 0.2) is 5.76 Å². The fraction of sp³-hybridized carbons (Fsp3) is 0.583. The van der Waals surface area contributed by atoms with Crippen molar-refractivity contribution in [3.8, 4) is 0 Å². The van der Waals surface area contributed by atoms with Crippen molar-refractivity contribution in [2.24, 2.45) is 0 Å². The average Bonchev–Trinajstić information content (AvgIpc) is 2.97. The fourth-order valence-electron chi connectivity index (χ4n) is 1.90. The first kappa shape index (κ1) is 17.8. The lowest BCUT2D eigenvalue weighted by atomic mass is 10.4. The second-order valence-electron chi connectivity index (χ2n) is 4.76. The van der Waals surface area contributed by atoms with Crippen molar-refractivity contribution in [1.82, 2.24) is 9.62 Å². The molecule has 1 aromatic heterocycles. The molecule has 1 N–H and O–H groups in total. The van der Waals surface area contributed by atoms with Gasteiger partial charge in [0.25, 0.3) is 15.9 Å².